The second-order valence-corrected chi connectivity index (χ2v) is 2.92. The first-order valence-corrected chi connectivity index (χ1v) is 4.12. The Morgan fingerprint density at radius 2 is 1.93 bits per heavy atom. The Kier molecular flexibility index (Phi) is 3.38. The van der Waals surface area contributed by atoms with Gasteiger partial charge < -0.3 is 16.2 Å². The molecule has 0 aliphatic heterocycles. The molecule has 0 fully saturated rings. The van der Waals surface area contributed by atoms with Crippen LogP contribution in [0, 0.1) is 11.6 Å². The van der Waals surface area contributed by atoms with E-state index in [1.54, 1.807) is 0 Å². The predicted octanol–water partition coefficient (Wildman–Crippen LogP) is 0.800. The lowest BCUT2D eigenvalue weighted by atomic mass is 10.1. The van der Waals surface area contributed by atoms with Gasteiger partial charge in [-0.3, -0.25) is 0 Å². The smallest absolute Gasteiger partial charge is 0.133 e. The second kappa shape index (κ2) is 4.34. The van der Waals surface area contributed by atoms with Crippen LogP contribution in [-0.4, -0.2) is 18.8 Å². The molecule has 3 nitrogen and oxygen atoms in total. The second-order valence-electron chi connectivity index (χ2n) is 2.92. The molecule has 1 rings (SSSR count). The molecule has 0 saturated carbocycles. The first-order chi connectivity index (χ1) is 6.60. The number of aliphatic hydroxyl groups excluding tert-OH is 1. The van der Waals surface area contributed by atoms with Gasteiger partial charge in [-0.05, 0) is 19.2 Å². The van der Waals surface area contributed by atoms with E-state index in [-0.39, 0.29) is 17.9 Å². The number of nitrogen functional groups attached to an aromatic ring is 1. The van der Waals surface area contributed by atoms with Crippen molar-refractivity contribution in [2.45, 2.75) is 6.04 Å². The molecule has 78 valence electrons. The summed E-state index contributed by atoms with van der Waals surface area (Å²) in [6.45, 7) is -0.381. The van der Waals surface area contributed by atoms with Crippen molar-refractivity contribution in [2.24, 2.45) is 0 Å². The Bertz CT molecular complexity index is 304. The van der Waals surface area contributed by atoms with Gasteiger partial charge in [-0.2, -0.15) is 0 Å². The first kappa shape index (κ1) is 10.9. The fraction of sp³-hybridized carbons (Fsp3) is 0.333. The van der Waals surface area contributed by atoms with E-state index in [9.17, 15) is 8.78 Å². The summed E-state index contributed by atoms with van der Waals surface area (Å²) < 4.78 is 26.5. The highest BCUT2D eigenvalue weighted by Crippen LogP contribution is 2.22. The molecule has 0 aliphatic rings. The molecule has 0 saturated heterocycles. The summed E-state index contributed by atoms with van der Waals surface area (Å²) in [5.74, 6) is -1.51. The average Bonchev–Trinajstić information content (AvgIpc) is 2.10. The van der Waals surface area contributed by atoms with Crippen LogP contribution in [-0.2, 0) is 0 Å². The largest absolute Gasteiger partial charge is 0.399 e. The van der Waals surface area contributed by atoms with Gasteiger partial charge in [0.1, 0.15) is 11.6 Å². The molecule has 0 radical (unpaired) electrons. The molecule has 0 heterocycles. The SMILES string of the molecule is CN[C@H](CO)c1c(F)cc(N)cc1F. The lowest BCUT2D eigenvalue weighted by Crippen LogP contribution is -2.22. The van der Waals surface area contributed by atoms with Crippen LogP contribution < -0.4 is 11.1 Å². The fourth-order valence-electron chi connectivity index (χ4n) is 1.26. The van der Waals surface area contributed by atoms with Crippen LogP contribution >= 0.6 is 0 Å². The van der Waals surface area contributed by atoms with E-state index in [1.165, 1.54) is 7.05 Å². The first-order valence-electron chi connectivity index (χ1n) is 4.12. The Balaban J connectivity index is 3.19. The van der Waals surface area contributed by atoms with Gasteiger partial charge in [0.05, 0.1) is 12.6 Å². The van der Waals surface area contributed by atoms with Gasteiger partial charge in [0.15, 0.2) is 0 Å². The minimum Gasteiger partial charge on any atom is -0.399 e. The Morgan fingerprint density at radius 3 is 2.29 bits per heavy atom. The van der Waals surface area contributed by atoms with Gasteiger partial charge in [-0.15, -0.1) is 0 Å². The van der Waals surface area contributed by atoms with Gasteiger partial charge in [0.2, 0.25) is 0 Å². The standard InChI is InChI=1S/C9H12F2N2O/c1-13-8(4-14)9-6(10)2-5(12)3-7(9)11/h2-3,8,13-14H,4,12H2,1H3/t8-/m1/s1. The number of rotatable bonds is 3. The van der Waals surface area contributed by atoms with Crippen LogP contribution in [0.5, 0.6) is 0 Å². The maximum atomic E-state index is 13.3. The number of hydrogen-bond acceptors (Lipinski definition) is 3. The summed E-state index contributed by atoms with van der Waals surface area (Å²) in [5, 5.41) is 11.5. The number of nitrogens with two attached hydrogens (primary N) is 1. The Morgan fingerprint density at radius 1 is 1.43 bits per heavy atom. The molecule has 5 heteroatoms. The summed E-state index contributed by atoms with van der Waals surface area (Å²) in [4.78, 5) is 0. The van der Waals surface area contributed by atoms with Gasteiger partial charge in [-0.25, -0.2) is 8.78 Å². The van der Waals surface area contributed by atoms with Gasteiger partial charge >= 0.3 is 0 Å². The van der Waals surface area contributed by atoms with Gasteiger partial charge in [0.25, 0.3) is 0 Å². The van der Waals surface area contributed by atoms with E-state index in [0.29, 0.717) is 0 Å². The molecule has 1 aromatic rings. The van der Waals surface area contributed by atoms with Crippen molar-refractivity contribution in [3.63, 3.8) is 0 Å². The zero-order chi connectivity index (χ0) is 10.7. The highest BCUT2D eigenvalue weighted by molar-refractivity contribution is 5.42. The van der Waals surface area contributed by atoms with Crippen molar-refractivity contribution < 1.29 is 13.9 Å². The Labute approximate surface area is 80.5 Å². The van der Waals surface area contributed by atoms with E-state index in [2.05, 4.69) is 5.32 Å². The third-order valence-corrected chi connectivity index (χ3v) is 1.98. The molecule has 0 unspecified atom stereocenters. The zero-order valence-electron chi connectivity index (χ0n) is 7.72. The predicted molar refractivity (Wildman–Crippen MR) is 49.7 cm³/mol. The molecular formula is C9H12F2N2O. The average molecular weight is 202 g/mol. The van der Waals surface area contributed by atoms with Crippen molar-refractivity contribution in [3.05, 3.63) is 29.3 Å². The van der Waals surface area contributed by atoms with Crippen LogP contribution in [0.25, 0.3) is 0 Å². The van der Waals surface area contributed by atoms with Crippen LogP contribution in [0.3, 0.4) is 0 Å². The lowest BCUT2D eigenvalue weighted by Gasteiger charge is -2.15. The van der Waals surface area contributed by atoms with Crippen molar-refractivity contribution in [1.82, 2.24) is 5.32 Å². The molecule has 14 heavy (non-hydrogen) atoms. The maximum Gasteiger partial charge on any atom is 0.133 e. The van der Waals surface area contributed by atoms with E-state index >= 15 is 0 Å². The summed E-state index contributed by atoms with van der Waals surface area (Å²) in [6.07, 6.45) is 0. The molecule has 0 aromatic heterocycles. The topological polar surface area (TPSA) is 58.3 Å². The molecule has 0 amide bonds. The number of nitrogens with one attached hydrogen (secondary N) is 1. The number of hydrogen-bond donors (Lipinski definition) is 3. The zero-order valence-corrected chi connectivity index (χ0v) is 7.72. The minimum atomic E-state index is -0.754. The summed E-state index contributed by atoms with van der Waals surface area (Å²) in [5.41, 5.74) is 5.08. The van der Waals surface area contributed by atoms with Gasteiger partial charge in [0, 0.05) is 11.3 Å². The highest BCUT2D eigenvalue weighted by atomic mass is 19.1. The van der Waals surface area contributed by atoms with Crippen LogP contribution in [0.2, 0.25) is 0 Å². The van der Waals surface area contributed by atoms with Crippen LogP contribution in [0.1, 0.15) is 11.6 Å². The molecule has 4 N–H and O–H groups in total. The van der Waals surface area contributed by atoms with E-state index in [4.69, 9.17) is 10.8 Å². The quantitative estimate of drug-likeness (QED) is 0.635. The van der Waals surface area contributed by atoms with Crippen LogP contribution in [0.15, 0.2) is 12.1 Å². The number of halogens is 2. The third-order valence-electron chi connectivity index (χ3n) is 1.98. The Hall–Kier alpha value is -1.20. The molecule has 0 spiro atoms. The van der Waals surface area contributed by atoms with Crippen molar-refractivity contribution >= 4 is 5.69 Å². The maximum absolute atomic E-state index is 13.3. The monoisotopic (exact) mass is 202 g/mol. The van der Waals surface area contributed by atoms with E-state index < -0.39 is 17.7 Å². The molecule has 0 aliphatic carbocycles. The van der Waals surface area contributed by atoms with Crippen LogP contribution in [0.4, 0.5) is 14.5 Å². The molecule has 1 aromatic carbocycles. The fourth-order valence-corrected chi connectivity index (χ4v) is 1.26. The molecule has 1 atom stereocenters. The third kappa shape index (κ3) is 2.00. The normalized spacial score (nSPS) is 12.9. The van der Waals surface area contributed by atoms with Crippen molar-refractivity contribution in [1.29, 1.82) is 0 Å². The highest BCUT2D eigenvalue weighted by Gasteiger charge is 2.18. The van der Waals surface area contributed by atoms with E-state index in [0.717, 1.165) is 12.1 Å². The number of likely N-dealkylation sites (N-methyl/N-ethyl adjacent to an activating group) is 1. The van der Waals surface area contributed by atoms with E-state index in [1.807, 2.05) is 0 Å². The van der Waals surface area contributed by atoms with Crippen molar-refractivity contribution in [2.75, 3.05) is 19.4 Å². The summed E-state index contributed by atoms with van der Waals surface area (Å²) >= 11 is 0. The van der Waals surface area contributed by atoms with Crippen molar-refractivity contribution in [3.8, 4) is 0 Å². The molecular weight excluding hydrogens is 190 g/mol. The lowest BCUT2D eigenvalue weighted by molar-refractivity contribution is 0.244. The summed E-state index contributed by atoms with van der Waals surface area (Å²) in [7, 11) is 1.51. The minimum absolute atomic E-state index is 0.0246. The number of anilines is 1. The van der Waals surface area contributed by atoms with Gasteiger partial charge in [-0.1, -0.05) is 0 Å². The molecule has 0 bridgehead atoms. The number of benzene rings is 1. The number of aliphatic hydroxyl groups is 1. The summed E-state index contributed by atoms with van der Waals surface area (Å²) in [6, 6.07) is 1.30.